The van der Waals surface area contributed by atoms with Crippen LogP contribution in [0.2, 0.25) is 0 Å². The Morgan fingerprint density at radius 1 is 1.28 bits per heavy atom. The average Bonchev–Trinajstić information content (AvgIpc) is 2.84. The van der Waals surface area contributed by atoms with Gasteiger partial charge < -0.3 is 5.32 Å². The molecule has 1 unspecified atom stereocenters. The number of halogens is 2. The van der Waals surface area contributed by atoms with Crippen LogP contribution >= 0.6 is 23.1 Å². The van der Waals surface area contributed by atoms with Gasteiger partial charge in [-0.1, -0.05) is 11.8 Å². The highest BCUT2D eigenvalue weighted by atomic mass is 32.2. The number of nitrogens with zero attached hydrogens (tertiary/aromatic N) is 1. The van der Waals surface area contributed by atoms with Crippen molar-refractivity contribution in [2.24, 2.45) is 0 Å². The van der Waals surface area contributed by atoms with Crippen LogP contribution in [-0.4, -0.2) is 10.7 Å². The van der Waals surface area contributed by atoms with Gasteiger partial charge >= 0.3 is 0 Å². The quantitative estimate of drug-likeness (QED) is 0.811. The van der Waals surface area contributed by atoms with Crippen molar-refractivity contribution in [1.29, 1.82) is 0 Å². The Hall–Kier alpha value is -1.14. The molecule has 1 aromatic heterocycles. The Balaban J connectivity index is 1.98. The first-order chi connectivity index (χ1) is 8.65. The highest BCUT2D eigenvalue weighted by molar-refractivity contribution is 7.99. The molecule has 2 rings (SSSR count). The van der Waals surface area contributed by atoms with Crippen LogP contribution in [0.25, 0.3) is 0 Å². The third-order valence-corrected chi connectivity index (χ3v) is 3.97. The fourth-order valence-corrected chi connectivity index (χ4v) is 2.64. The van der Waals surface area contributed by atoms with Crippen LogP contribution in [0.3, 0.4) is 0 Å². The number of anilines is 1. The lowest BCUT2D eigenvalue weighted by atomic mass is 10.3. The Kier molecular flexibility index (Phi) is 4.54. The van der Waals surface area contributed by atoms with Crippen LogP contribution in [-0.2, 0) is 0 Å². The molecule has 0 fully saturated rings. The predicted octanol–water partition coefficient (Wildman–Crippen LogP) is 4.63. The minimum absolute atomic E-state index is 0.110. The number of alkyl halides is 2. The highest BCUT2D eigenvalue weighted by Gasteiger charge is 2.08. The first-order valence-corrected chi connectivity index (χ1v) is 7.12. The Morgan fingerprint density at radius 2 is 2.00 bits per heavy atom. The van der Waals surface area contributed by atoms with Crippen molar-refractivity contribution in [3.8, 4) is 0 Å². The molecule has 1 aromatic carbocycles. The van der Waals surface area contributed by atoms with Crippen molar-refractivity contribution < 1.29 is 8.78 Å². The Bertz CT molecular complexity index is 471. The number of aromatic nitrogens is 1. The molecule has 0 aliphatic carbocycles. The molecule has 0 saturated heterocycles. The smallest absolute Gasteiger partial charge is 0.288 e. The zero-order chi connectivity index (χ0) is 13.0. The molecule has 0 spiro atoms. The second kappa shape index (κ2) is 6.15. The maximum atomic E-state index is 12.2. The molecule has 1 N–H and O–H groups in total. The van der Waals surface area contributed by atoms with Crippen LogP contribution in [0, 0.1) is 0 Å². The minimum Gasteiger partial charge on any atom is -0.376 e. The zero-order valence-corrected chi connectivity index (χ0v) is 11.3. The van der Waals surface area contributed by atoms with E-state index >= 15 is 0 Å². The van der Waals surface area contributed by atoms with Gasteiger partial charge in [0.25, 0.3) is 5.76 Å². The third kappa shape index (κ3) is 3.68. The Morgan fingerprint density at radius 3 is 2.56 bits per heavy atom. The number of nitrogens with one attached hydrogen (secondary N) is 1. The summed E-state index contributed by atoms with van der Waals surface area (Å²) in [7, 11) is 0. The van der Waals surface area contributed by atoms with Crippen molar-refractivity contribution in [2.45, 2.75) is 23.6 Å². The molecule has 18 heavy (non-hydrogen) atoms. The molecule has 0 saturated carbocycles. The molecule has 1 atom stereocenters. The van der Waals surface area contributed by atoms with Crippen molar-refractivity contribution >= 4 is 28.8 Å². The number of benzene rings is 1. The van der Waals surface area contributed by atoms with Gasteiger partial charge in [-0.2, -0.15) is 8.78 Å². The van der Waals surface area contributed by atoms with Gasteiger partial charge in [-0.3, -0.25) is 0 Å². The fourth-order valence-electron chi connectivity index (χ4n) is 1.49. The van der Waals surface area contributed by atoms with Gasteiger partial charge in [0.2, 0.25) is 0 Å². The van der Waals surface area contributed by atoms with E-state index in [2.05, 4.69) is 10.3 Å². The van der Waals surface area contributed by atoms with Crippen LogP contribution < -0.4 is 5.32 Å². The molecule has 0 amide bonds. The molecule has 6 heteroatoms. The summed E-state index contributed by atoms with van der Waals surface area (Å²) in [5, 5.41) is 6.20. The molecule has 0 radical (unpaired) electrons. The molecule has 2 aromatic rings. The van der Waals surface area contributed by atoms with Gasteiger partial charge in [0.15, 0.2) is 0 Å². The van der Waals surface area contributed by atoms with E-state index in [1.807, 2.05) is 12.3 Å². The number of thiazole rings is 1. The Labute approximate surface area is 112 Å². The predicted molar refractivity (Wildman–Crippen MR) is 72.5 cm³/mol. The summed E-state index contributed by atoms with van der Waals surface area (Å²) in [6, 6.07) is 7.09. The maximum absolute atomic E-state index is 12.2. The van der Waals surface area contributed by atoms with E-state index in [0.29, 0.717) is 16.7 Å². The summed E-state index contributed by atoms with van der Waals surface area (Å²) in [5.41, 5.74) is 0.899. The number of rotatable bonds is 5. The van der Waals surface area contributed by atoms with Crippen molar-refractivity contribution in [2.75, 3.05) is 5.32 Å². The van der Waals surface area contributed by atoms with E-state index in [9.17, 15) is 8.78 Å². The van der Waals surface area contributed by atoms with E-state index < -0.39 is 5.76 Å². The lowest BCUT2D eigenvalue weighted by Crippen LogP contribution is -2.05. The topological polar surface area (TPSA) is 24.9 Å². The van der Waals surface area contributed by atoms with E-state index in [-0.39, 0.29) is 6.04 Å². The van der Waals surface area contributed by atoms with Crippen LogP contribution in [0.5, 0.6) is 0 Å². The second-order valence-corrected chi connectivity index (χ2v) is 5.63. The minimum atomic E-state index is -2.38. The number of thioether (sulfide) groups is 1. The van der Waals surface area contributed by atoms with Gasteiger partial charge in [-0.15, -0.1) is 11.3 Å². The molecule has 0 aliphatic heterocycles. The summed E-state index contributed by atoms with van der Waals surface area (Å²) < 4.78 is 24.3. The maximum Gasteiger partial charge on any atom is 0.288 e. The second-order valence-electron chi connectivity index (χ2n) is 3.64. The molecule has 2 nitrogen and oxygen atoms in total. The van der Waals surface area contributed by atoms with E-state index in [1.165, 1.54) is 0 Å². The van der Waals surface area contributed by atoms with E-state index in [0.717, 1.165) is 10.7 Å². The van der Waals surface area contributed by atoms with Crippen LogP contribution in [0.1, 0.15) is 18.0 Å². The fraction of sp³-hybridized carbons (Fsp3) is 0.250. The molecule has 0 bridgehead atoms. The van der Waals surface area contributed by atoms with E-state index in [4.69, 9.17) is 0 Å². The first kappa shape index (κ1) is 13.3. The van der Waals surface area contributed by atoms with Crippen molar-refractivity contribution in [1.82, 2.24) is 4.98 Å². The monoisotopic (exact) mass is 286 g/mol. The lowest BCUT2D eigenvalue weighted by Gasteiger charge is -2.13. The normalized spacial score (nSPS) is 12.7. The van der Waals surface area contributed by atoms with Gasteiger partial charge in [0, 0.05) is 22.2 Å². The van der Waals surface area contributed by atoms with Crippen molar-refractivity contribution in [3.63, 3.8) is 0 Å². The highest BCUT2D eigenvalue weighted by Crippen LogP contribution is 2.27. The summed E-state index contributed by atoms with van der Waals surface area (Å²) in [5.74, 6) is -2.38. The summed E-state index contributed by atoms with van der Waals surface area (Å²) >= 11 is 2.14. The number of hydrogen-bond donors (Lipinski definition) is 1. The van der Waals surface area contributed by atoms with Gasteiger partial charge in [-0.05, 0) is 31.2 Å². The van der Waals surface area contributed by atoms with Crippen LogP contribution in [0.4, 0.5) is 14.5 Å². The van der Waals surface area contributed by atoms with Crippen molar-refractivity contribution in [3.05, 3.63) is 40.8 Å². The summed E-state index contributed by atoms with van der Waals surface area (Å²) in [6.07, 6.45) is 1.76. The lowest BCUT2D eigenvalue weighted by molar-refractivity contribution is 0.252. The summed E-state index contributed by atoms with van der Waals surface area (Å²) in [4.78, 5) is 4.79. The van der Waals surface area contributed by atoms with Gasteiger partial charge in [-0.25, -0.2) is 4.98 Å². The molecular formula is C12H12F2N2S2. The zero-order valence-electron chi connectivity index (χ0n) is 9.64. The average molecular weight is 286 g/mol. The first-order valence-electron chi connectivity index (χ1n) is 5.36. The van der Waals surface area contributed by atoms with Gasteiger partial charge in [0.1, 0.15) is 5.01 Å². The summed E-state index contributed by atoms with van der Waals surface area (Å²) in [6.45, 7) is 2.01. The van der Waals surface area contributed by atoms with Crippen LogP contribution in [0.15, 0.2) is 40.7 Å². The largest absolute Gasteiger partial charge is 0.376 e. The molecular weight excluding hydrogens is 274 g/mol. The van der Waals surface area contributed by atoms with E-state index in [1.54, 1.807) is 41.8 Å². The van der Waals surface area contributed by atoms with Gasteiger partial charge in [0.05, 0.1) is 6.04 Å². The third-order valence-electron chi connectivity index (χ3n) is 2.28. The molecule has 1 heterocycles. The molecule has 0 aliphatic rings. The number of hydrogen-bond acceptors (Lipinski definition) is 4. The standard InChI is InChI=1S/C12H12F2N2S2/c1-8(11-15-6-7-17-11)16-9-2-4-10(5-3-9)18-12(13)14/h2-8,12,16H,1H3. The molecule has 96 valence electrons. The SMILES string of the molecule is CC(Nc1ccc(SC(F)F)cc1)c1nccs1.